The van der Waals surface area contributed by atoms with E-state index in [4.69, 9.17) is 15.7 Å². The quantitative estimate of drug-likeness (QED) is 0.872. The van der Waals surface area contributed by atoms with Gasteiger partial charge in [-0.25, -0.2) is 4.79 Å². The van der Waals surface area contributed by atoms with Crippen molar-refractivity contribution in [1.82, 2.24) is 5.32 Å². The van der Waals surface area contributed by atoms with Gasteiger partial charge in [-0.05, 0) is 26.3 Å². The van der Waals surface area contributed by atoms with Crippen molar-refractivity contribution in [2.24, 2.45) is 5.73 Å². The Kier molecular flexibility index (Phi) is 4.90. The molecule has 0 saturated carbocycles. The summed E-state index contributed by atoms with van der Waals surface area (Å²) in [7, 11) is 0. The zero-order valence-electron chi connectivity index (χ0n) is 11.4. The highest BCUT2D eigenvalue weighted by molar-refractivity contribution is 5.68. The van der Waals surface area contributed by atoms with Crippen molar-refractivity contribution in [3.63, 3.8) is 0 Å². The molecule has 19 heavy (non-hydrogen) atoms. The first kappa shape index (κ1) is 15.0. The summed E-state index contributed by atoms with van der Waals surface area (Å²) in [6, 6.07) is 9.61. The Morgan fingerprint density at radius 3 is 2.42 bits per heavy atom. The van der Waals surface area contributed by atoms with Crippen molar-refractivity contribution in [3.8, 4) is 6.07 Å². The standard InChI is InChI=1S/C14H19N3O2/c1-14(2,3)19-13(18)17-12(11(16)9-15)10-7-5-4-6-8-10/h4-8,11-12H,16H2,1-3H3,(H,17,18)/t11-,12-/m0/s1. The predicted molar refractivity (Wildman–Crippen MR) is 72.1 cm³/mol. The van der Waals surface area contributed by atoms with Crippen LogP contribution in [0.3, 0.4) is 0 Å². The highest BCUT2D eigenvalue weighted by atomic mass is 16.6. The van der Waals surface area contributed by atoms with Gasteiger partial charge in [0.15, 0.2) is 0 Å². The fraction of sp³-hybridized carbons (Fsp3) is 0.429. The maximum Gasteiger partial charge on any atom is 0.408 e. The third kappa shape index (κ3) is 4.98. The molecule has 0 aliphatic carbocycles. The topological polar surface area (TPSA) is 88.1 Å². The molecule has 5 nitrogen and oxygen atoms in total. The molecule has 1 amide bonds. The molecule has 0 heterocycles. The number of nitrogens with two attached hydrogens (primary N) is 1. The zero-order valence-corrected chi connectivity index (χ0v) is 11.4. The van der Waals surface area contributed by atoms with Crippen molar-refractivity contribution in [2.45, 2.75) is 38.5 Å². The minimum Gasteiger partial charge on any atom is -0.444 e. The van der Waals surface area contributed by atoms with Gasteiger partial charge in [-0.2, -0.15) is 5.26 Å². The average molecular weight is 261 g/mol. The van der Waals surface area contributed by atoms with Crippen LogP contribution in [0.2, 0.25) is 0 Å². The van der Waals surface area contributed by atoms with Crippen LogP contribution in [0.5, 0.6) is 0 Å². The van der Waals surface area contributed by atoms with Crippen LogP contribution in [0.4, 0.5) is 4.79 Å². The monoisotopic (exact) mass is 261 g/mol. The number of carbonyl (C=O) groups is 1. The van der Waals surface area contributed by atoms with Gasteiger partial charge in [0.05, 0.1) is 12.1 Å². The Morgan fingerprint density at radius 2 is 1.95 bits per heavy atom. The highest BCUT2D eigenvalue weighted by Crippen LogP contribution is 2.16. The zero-order chi connectivity index (χ0) is 14.5. The third-order valence-corrected chi connectivity index (χ3v) is 2.34. The molecule has 0 aliphatic rings. The van der Waals surface area contributed by atoms with Gasteiger partial charge in [-0.15, -0.1) is 0 Å². The molecule has 0 aliphatic heterocycles. The maximum absolute atomic E-state index is 11.8. The van der Waals surface area contributed by atoms with E-state index in [-0.39, 0.29) is 0 Å². The molecule has 102 valence electrons. The molecule has 0 radical (unpaired) electrons. The van der Waals surface area contributed by atoms with E-state index >= 15 is 0 Å². The number of benzene rings is 1. The van der Waals surface area contributed by atoms with Gasteiger partial charge in [0.2, 0.25) is 0 Å². The molecular weight excluding hydrogens is 242 g/mol. The smallest absolute Gasteiger partial charge is 0.408 e. The molecule has 0 saturated heterocycles. The summed E-state index contributed by atoms with van der Waals surface area (Å²) in [5.41, 5.74) is 5.90. The van der Waals surface area contributed by atoms with Gasteiger partial charge >= 0.3 is 6.09 Å². The summed E-state index contributed by atoms with van der Waals surface area (Å²) in [5, 5.41) is 11.6. The van der Waals surface area contributed by atoms with Crippen LogP contribution in [0.15, 0.2) is 30.3 Å². The van der Waals surface area contributed by atoms with E-state index in [1.807, 2.05) is 24.3 Å². The summed E-state index contributed by atoms with van der Waals surface area (Å²) < 4.78 is 5.17. The summed E-state index contributed by atoms with van der Waals surface area (Å²) in [4.78, 5) is 11.8. The van der Waals surface area contributed by atoms with Gasteiger partial charge in [0.1, 0.15) is 11.6 Å². The Hall–Kier alpha value is -2.06. The summed E-state index contributed by atoms with van der Waals surface area (Å²) in [5.74, 6) is 0. The minimum atomic E-state index is -0.838. The van der Waals surface area contributed by atoms with Gasteiger partial charge in [-0.1, -0.05) is 30.3 Å². The summed E-state index contributed by atoms with van der Waals surface area (Å²) in [6.45, 7) is 5.32. The number of nitrogens with zero attached hydrogens (tertiary/aromatic N) is 1. The molecule has 2 atom stereocenters. The molecule has 0 fully saturated rings. The number of hydrogen-bond donors (Lipinski definition) is 2. The van der Waals surface area contributed by atoms with Crippen LogP contribution in [-0.4, -0.2) is 17.7 Å². The molecule has 0 unspecified atom stereocenters. The first-order chi connectivity index (χ1) is 8.83. The van der Waals surface area contributed by atoms with Gasteiger partial charge in [-0.3, -0.25) is 0 Å². The molecule has 0 bridgehead atoms. The van der Waals surface area contributed by atoms with E-state index in [9.17, 15) is 4.79 Å². The van der Waals surface area contributed by atoms with Crippen LogP contribution in [-0.2, 0) is 4.74 Å². The van der Waals surface area contributed by atoms with Crippen molar-refractivity contribution in [3.05, 3.63) is 35.9 Å². The summed E-state index contributed by atoms with van der Waals surface area (Å²) in [6.07, 6.45) is -0.591. The van der Waals surface area contributed by atoms with E-state index in [2.05, 4.69) is 5.32 Å². The molecule has 0 aromatic heterocycles. The number of ether oxygens (including phenoxy) is 1. The molecule has 3 N–H and O–H groups in total. The van der Waals surface area contributed by atoms with Crippen LogP contribution in [0, 0.1) is 11.3 Å². The number of rotatable bonds is 3. The van der Waals surface area contributed by atoms with Crippen molar-refractivity contribution >= 4 is 6.09 Å². The van der Waals surface area contributed by atoms with E-state index < -0.39 is 23.8 Å². The minimum absolute atomic E-state index is 0.591. The van der Waals surface area contributed by atoms with E-state index in [0.29, 0.717) is 0 Å². The lowest BCUT2D eigenvalue weighted by Crippen LogP contribution is -2.42. The third-order valence-electron chi connectivity index (χ3n) is 2.34. The lowest BCUT2D eigenvalue weighted by molar-refractivity contribution is 0.0500. The second-order valence-electron chi connectivity index (χ2n) is 5.19. The number of nitrogens with one attached hydrogen (secondary N) is 1. The SMILES string of the molecule is CC(C)(C)OC(=O)N[C@@H](c1ccccc1)[C@@H](N)C#N. The second kappa shape index (κ2) is 6.21. The lowest BCUT2D eigenvalue weighted by Gasteiger charge is -2.25. The first-order valence-electron chi connectivity index (χ1n) is 6.03. The normalized spacial score (nSPS) is 14.1. The van der Waals surface area contributed by atoms with E-state index in [1.165, 1.54) is 0 Å². The molecule has 0 spiro atoms. The largest absolute Gasteiger partial charge is 0.444 e. The Labute approximate surface area is 113 Å². The number of nitriles is 1. The number of amides is 1. The van der Waals surface area contributed by atoms with Gasteiger partial charge < -0.3 is 15.8 Å². The van der Waals surface area contributed by atoms with Crippen molar-refractivity contribution in [1.29, 1.82) is 5.26 Å². The van der Waals surface area contributed by atoms with E-state index in [1.54, 1.807) is 32.9 Å². The second-order valence-corrected chi connectivity index (χ2v) is 5.19. The molecule has 1 rings (SSSR count). The molecule has 1 aromatic rings. The van der Waals surface area contributed by atoms with Crippen molar-refractivity contribution < 1.29 is 9.53 Å². The van der Waals surface area contributed by atoms with Gasteiger partial charge in [0, 0.05) is 0 Å². The predicted octanol–water partition coefficient (Wildman–Crippen LogP) is 2.10. The Bertz CT molecular complexity index is 460. The first-order valence-corrected chi connectivity index (χ1v) is 6.03. The molecular formula is C14H19N3O2. The lowest BCUT2D eigenvalue weighted by atomic mass is 10.0. The number of hydrogen-bond acceptors (Lipinski definition) is 4. The van der Waals surface area contributed by atoms with Crippen LogP contribution in [0.1, 0.15) is 32.4 Å². The Balaban J connectivity index is 2.83. The van der Waals surface area contributed by atoms with Gasteiger partial charge in [0.25, 0.3) is 0 Å². The van der Waals surface area contributed by atoms with E-state index in [0.717, 1.165) is 5.56 Å². The number of carbonyl (C=O) groups excluding carboxylic acids is 1. The molecule has 5 heteroatoms. The maximum atomic E-state index is 11.8. The van der Waals surface area contributed by atoms with Crippen molar-refractivity contribution in [2.75, 3.05) is 0 Å². The summed E-state index contributed by atoms with van der Waals surface area (Å²) >= 11 is 0. The fourth-order valence-electron chi connectivity index (χ4n) is 1.55. The van der Waals surface area contributed by atoms with Crippen LogP contribution in [0.25, 0.3) is 0 Å². The molecule has 1 aromatic carbocycles. The number of alkyl carbamates (subject to hydrolysis) is 1. The van der Waals surface area contributed by atoms with Crippen LogP contribution < -0.4 is 11.1 Å². The highest BCUT2D eigenvalue weighted by Gasteiger charge is 2.24. The Morgan fingerprint density at radius 1 is 1.37 bits per heavy atom. The van der Waals surface area contributed by atoms with Crippen LogP contribution >= 0.6 is 0 Å². The fourth-order valence-corrected chi connectivity index (χ4v) is 1.55. The average Bonchev–Trinajstić information content (AvgIpc) is 2.34.